The monoisotopic (exact) mass is 219 g/mol. The second kappa shape index (κ2) is 2.81. The maximum Gasteiger partial charge on any atom is 0.433 e. The van der Waals surface area contributed by atoms with Crippen molar-refractivity contribution in [1.82, 2.24) is 9.55 Å². The van der Waals surface area contributed by atoms with E-state index in [1.807, 2.05) is 0 Å². The normalized spacial score (nSPS) is 15.0. The lowest BCUT2D eigenvalue weighted by Gasteiger charge is -2.06. The highest BCUT2D eigenvalue weighted by Gasteiger charge is 2.35. The summed E-state index contributed by atoms with van der Waals surface area (Å²) in [5.74, 6) is -0.918. The minimum atomic E-state index is -4.69. The van der Waals surface area contributed by atoms with Crippen LogP contribution in [-0.2, 0) is 17.5 Å². The van der Waals surface area contributed by atoms with Crippen LogP contribution in [0.5, 0.6) is 0 Å². The van der Waals surface area contributed by atoms with E-state index in [1.54, 1.807) is 0 Å². The topological polar surface area (TPSA) is 64.0 Å². The van der Waals surface area contributed by atoms with Crippen LogP contribution < -0.4 is 10.9 Å². The van der Waals surface area contributed by atoms with Gasteiger partial charge in [-0.2, -0.15) is 13.2 Å². The largest absolute Gasteiger partial charge is 0.433 e. The van der Waals surface area contributed by atoms with Gasteiger partial charge in [0.15, 0.2) is 5.69 Å². The van der Waals surface area contributed by atoms with Crippen LogP contribution in [0.3, 0.4) is 0 Å². The molecule has 0 atom stereocenters. The molecule has 0 saturated carbocycles. The van der Waals surface area contributed by atoms with Crippen LogP contribution in [0.2, 0.25) is 0 Å². The summed E-state index contributed by atoms with van der Waals surface area (Å²) in [5, 5.41) is 2.06. The van der Waals surface area contributed by atoms with Crippen LogP contribution in [-0.4, -0.2) is 15.5 Å². The number of hydrogen-bond donors (Lipinski definition) is 1. The Morgan fingerprint density at radius 2 is 2.07 bits per heavy atom. The van der Waals surface area contributed by atoms with E-state index < -0.39 is 23.3 Å². The predicted octanol–water partition coefficient (Wildman–Crippen LogP) is 0.214. The van der Waals surface area contributed by atoms with Gasteiger partial charge in [0.1, 0.15) is 6.54 Å². The van der Waals surface area contributed by atoms with E-state index in [0.29, 0.717) is 6.07 Å². The van der Waals surface area contributed by atoms with Gasteiger partial charge in [-0.15, -0.1) is 0 Å². The molecular formula is C7H4F3N3O2. The Balaban J connectivity index is 2.59. The molecule has 80 valence electrons. The molecule has 0 bridgehead atoms. The fourth-order valence-electron chi connectivity index (χ4n) is 1.21. The molecule has 1 aromatic heterocycles. The highest BCUT2D eigenvalue weighted by molar-refractivity contribution is 5.92. The maximum atomic E-state index is 12.2. The number of anilines is 1. The first-order valence-electron chi connectivity index (χ1n) is 3.87. The van der Waals surface area contributed by atoms with Crippen LogP contribution in [0.1, 0.15) is 5.69 Å². The second-order valence-electron chi connectivity index (χ2n) is 2.94. The zero-order valence-corrected chi connectivity index (χ0v) is 7.13. The number of amides is 1. The number of carbonyl (C=O) groups excluding carboxylic acids is 1. The molecule has 1 N–H and O–H groups in total. The Bertz CT molecular complexity index is 491. The molecule has 0 spiro atoms. The summed E-state index contributed by atoms with van der Waals surface area (Å²) < 4.78 is 37.5. The number of hydrogen-bond acceptors (Lipinski definition) is 3. The first-order chi connectivity index (χ1) is 6.88. The summed E-state index contributed by atoms with van der Waals surface area (Å²) in [7, 11) is 0. The van der Waals surface area contributed by atoms with Crippen molar-refractivity contribution in [3.05, 3.63) is 22.1 Å². The third-order valence-electron chi connectivity index (χ3n) is 1.85. The molecule has 0 saturated heterocycles. The number of nitrogens with zero attached hydrogens (tertiary/aromatic N) is 2. The van der Waals surface area contributed by atoms with Crippen molar-refractivity contribution in [3.8, 4) is 0 Å². The van der Waals surface area contributed by atoms with E-state index >= 15 is 0 Å². The van der Waals surface area contributed by atoms with Crippen molar-refractivity contribution in [2.24, 2.45) is 0 Å². The molecule has 15 heavy (non-hydrogen) atoms. The van der Waals surface area contributed by atoms with Crippen molar-refractivity contribution in [1.29, 1.82) is 0 Å². The smallest absolute Gasteiger partial charge is 0.294 e. The van der Waals surface area contributed by atoms with Gasteiger partial charge in [0, 0.05) is 6.07 Å². The summed E-state index contributed by atoms with van der Waals surface area (Å²) in [4.78, 5) is 25.1. The van der Waals surface area contributed by atoms with Crippen molar-refractivity contribution in [3.63, 3.8) is 0 Å². The van der Waals surface area contributed by atoms with Crippen LogP contribution in [0.25, 0.3) is 0 Å². The molecule has 0 radical (unpaired) electrons. The van der Waals surface area contributed by atoms with Gasteiger partial charge < -0.3 is 0 Å². The van der Waals surface area contributed by atoms with Gasteiger partial charge in [0.05, 0.1) is 0 Å². The van der Waals surface area contributed by atoms with Gasteiger partial charge in [-0.25, -0.2) is 4.98 Å². The van der Waals surface area contributed by atoms with Crippen LogP contribution in [0.15, 0.2) is 10.9 Å². The van der Waals surface area contributed by atoms with Crippen molar-refractivity contribution >= 4 is 11.9 Å². The fourth-order valence-corrected chi connectivity index (χ4v) is 1.21. The molecule has 0 aliphatic carbocycles. The van der Waals surface area contributed by atoms with Gasteiger partial charge in [0.25, 0.3) is 5.56 Å². The highest BCUT2D eigenvalue weighted by atomic mass is 19.4. The Labute approximate surface area is 80.5 Å². The molecule has 2 heterocycles. The summed E-state index contributed by atoms with van der Waals surface area (Å²) >= 11 is 0. The van der Waals surface area contributed by atoms with Gasteiger partial charge in [-0.1, -0.05) is 0 Å². The van der Waals surface area contributed by atoms with Gasteiger partial charge in [-0.05, 0) is 0 Å². The molecule has 1 amide bonds. The molecule has 1 aliphatic rings. The summed E-state index contributed by atoms with van der Waals surface area (Å²) in [6.07, 6.45) is -4.69. The number of alkyl halides is 3. The molecular weight excluding hydrogens is 215 g/mol. The van der Waals surface area contributed by atoms with E-state index in [2.05, 4.69) is 10.3 Å². The second-order valence-corrected chi connectivity index (χ2v) is 2.94. The lowest BCUT2D eigenvalue weighted by molar-refractivity contribution is -0.141. The number of halogens is 3. The lowest BCUT2D eigenvalue weighted by Crippen LogP contribution is -2.22. The molecule has 1 aliphatic heterocycles. The van der Waals surface area contributed by atoms with Crippen LogP contribution in [0.4, 0.5) is 19.1 Å². The van der Waals surface area contributed by atoms with Gasteiger partial charge in [-0.3, -0.25) is 19.5 Å². The zero-order chi connectivity index (χ0) is 11.2. The first kappa shape index (κ1) is 9.69. The summed E-state index contributed by atoms with van der Waals surface area (Å²) in [6.45, 7) is -0.292. The Hall–Kier alpha value is -1.86. The number of aromatic nitrogens is 2. The van der Waals surface area contributed by atoms with E-state index in [0.717, 1.165) is 4.57 Å². The van der Waals surface area contributed by atoms with E-state index in [1.165, 1.54) is 0 Å². The highest BCUT2D eigenvalue weighted by Crippen LogP contribution is 2.27. The molecule has 0 unspecified atom stereocenters. The Kier molecular flexibility index (Phi) is 1.82. The third-order valence-corrected chi connectivity index (χ3v) is 1.85. The van der Waals surface area contributed by atoms with Crippen LogP contribution in [0, 0.1) is 0 Å². The molecule has 1 aromatic rings. The van der Waals surface area contributed by atoms with Gasteiger partial charge in [0.2, 0.25) is 11.9 Å². The zero-order valence-electron chi connectivity index (χ0n) is 7.13. The SMILES string of the molecule is O=C1Cn2c(nc(C(F)(F)F)cc2=O)N1. The summed E-state index contributed by atoms with van der Waals surface area (Å²) in [5.41, 5.74) is -2.20. The average molecular weight is 219 g/mol. The molecule has 0 aromatic carbocycles. The fraction of sp³-hybridized carbons (Fsp3) is 0.286. The standard InChI is InChI=1S/C7H4F3N3O2/c8-7(9,10)3-1-5(15)13-2-4(14)12-6(13)11-3/h1H,2H2,(H,11,12,14). The van der Waals surface area contributed by atoms with Crippen molar-refractivity contribution in [2.45, 2.75) is 12.7 Å². The third kappa shape index (κ3) is 1.58. The maximum absolute atomic E-state index is 12.2. The van der Waals surface area contributed by atoms with Crippen molar-refractivity contribution < 1.29 is 18.0 Å². The Morgan fingerprint density at radius 3 is 2.67 bits per heavy atom. The molecule has 2 rings (SSSR count). The average Bonchev–Trinajstić information content (AvgIpc) is 2.44. The van der Waals surface area contributed by atoms with Crippen LogP contribution >= 0.6 is 0 Å². The molecule has 0 fully saturated rings. The predicted molar refractivity (Wildman–Crippen MR) is 42.1 cm³/mol. The van der Waals surface area contributed by atoms with E-state index in [-0.39, 0.29) is 12.5 Å². The van der Waals surface area contributed by atoms with E-state index in [9.17, 15) is 22.8 Å². The number of nitrogens with one attached hydrogen (secondary N) is 1. The lowest BCUT2D eigenvalue weighted by atomic mass is 10.4. The number of carbonyl (C=O) groups is 1. The minimum absolute atomic E-state index is 0.292. The minimum Gasteiger partial charge on any atom is -0.294 e. The molecule has 5 nitrogen and oxygen atoms in total. The first-order valence-corrected chi connectivity index (χ1v) is 3.87. The Morgan fingerprint density at radius 1 is 1.40 bits per heavy atom. The number of fused-ring (bicyclic) bond motifs is 1. The molecule has 8 heteroatoms. The van der Waals surface area contributed by atoms with Gasteiger partial charge >= 0.3 is 6.18 Å². The van der Waals surface area contributed by atoms with E-state index in [4.69, 9.17) is 0 Å². The van der Waals surface area contributed by atoms with Crippen molar-refractivity contribution in [2.75, 3.05) is 5.32 Å². The summed E-state index contributed by atoms with van der Waals surface area (Å²) in [6, 6.07) is 0.365. The quantitative estimate of drug-likeness (QED) is 0.678. The number of rotatable bonds is 0.